The van der Waals surface area contributed by atoms with Crippen LogP contribution in [0.1, 0.15) is 23.5 Å². The molecule has 78 valence electrons. The lowest BCUT2D eigenvalue weighted by molar-refractivity contribution is 0.269. The standard InChI is InChI=1S/C12H13NO2/c1-9-2-3-12-11(6-9)10(4-5-15-12)7-13-8-14/h2-3,6,10H,4-5,7H2,1H3. The van der Waals surface area contributed by atoms with Crippen LogP contribution in [0.4, 0.5) is 0 Å². The molecule has 1 aliphatic heterocycles. The van der Waals surface area contributed by atoms with Crippen molar-refractivity contribution < 1.29 is 9.53 Å². The number of carbonyl (C=O) groups excluding carboxylic acids is 1. The molecule has 0 saturated carbocycles. The van der Waals surface area contributed by atoms with Gasteiger partial charge in [0.2, 0.25) is 6.08 Å². The Kier molecular flexibility index (Phi) is 2.84. The number of ether oxygens (including phenoxy) is 1. The van der Waals surface area contributed by atoms with Crippen molar-refractivity contribution in [3.05, 3.63) is 29.3 Å². The van der Waals surface area contributed by atoms with Crippen LogP contribution in [-0.2, 0) is 4.79 Å². The number of isocyanates is 1. The lowest BCUT2D eigenvalue weighted by Crippen LogP contribution is -2.16. The number of rotatable bonds is 2. The van der Waals surface area contributed by atoms with Crippen LogP contribution >= 0.6 is 0 Å². The summed E-state index contributed by atoms with van der Waals surface area (Å²) in [5.41, 5.74) is 2.37. The van der Waals surface area contributed by atoms with Crippen molar-refractivity contribution in [2.24, 2.45) is 4.99 Å². The van der Waals surface area contributed by atoms with Crippen LogP contribution in [0.3, 0.4) is 0 Å². The van der Waals surface area contributed by atoms with Crippen LogP contribution < -0.4 is 4.74 Å². The van der Waals surface area contributed by atoms with Gasteiger partial charge in [0.05, 0.1) is 13.2 Å². The zero-order valence-electron chi connectivity index (χ0n) is 8.69. The van der Waals surface area contributed by atoms with Crippen molar-refractivity contribution in [2.45, 2.75) is 19.3 Å². The monoisotopic (exact) mass is 203 g/mol. The van der Waals surface area contributed by atoms with E-state index in [0.29, 0.717) is 19.1 Å². The van der Waals surface area contributed by atoms with Gasteiger partial charge in [-0.25, -0.2) is 9.79 Å². The van der Waals surface area contributed by atoms with Gasteiger partial charge in [0.25, 0.3) is 0 Å². The van der Waals surface area contributed by atoms with E-state index in [9.17, 15) is 4.79 Å². The van der Waals surface area contributed by atoms with E-state index in [1.54, 1.807) is 6.08 Å². The highest BCUT2D eigenvalue weighted by Crippen LogP contribution is 2.34. The second kappa shape index (κ2) is 4.28. The molecule has 1 atom stereocenters. The normalized spacial score (nSPS) is 18.6. The first-order valence-electron chi connectivity index (χ1n) is 5.08. The predicted molar refractivity (Wildman–Crippen MR) is 57.0 cm³/mol. The molecule has 0 radical (unpaired) electrons. The Morgan fingerprint density at radius 1 is 1.60 bits per heavy atom. The van der Waals surface area contributed by atoms with Crippen molar-refractivity contribution in [2.75, 3.05) is 13.2 Å². The summed E-state index contributed by atoms with van der Waals surface area (Å²) < 4.78 is 5.55. The summed E-state index contributed by atoms with van der Waals surface area (Å²) in [6, 6.07) is 6.13. The Balaban J connectivity index is 2.31. The van der Waals surface area contributed by atoms with Gasteiger partial charge < -0.3 is 4.74 Å². The minimum absolute atomic E-state index is 0.301. The number of hydrogen-bond acceptors (Lipinski definition) is 3. The van der Waals surface area contributed by atoms with Gasteiger partial charge in [-0.15, -0.1) is 0 Å². The molecule has 0 aromatic heterocycles. The molecule has 0 amide bonds. The van der Waals surface area contributed by atoms with Gasteiger partial charge in [-0.05, 0) is 25.0 Å². The molecule has 1 unspecified atom stereocenters. The van der Waals surface area contributed by atoms with E-state index in [1.165, 1.54) is 11.1 Å². The summed E-state index contributed by atoms with van der Waals surface area (Å²) in [5, 5.41) is 0. The molecular formula is C12H13NO2. The first-order chi connectivity index (χ1) is 7.31. The molecule has 15 heavy (non-hydrogen) atoms. The maximum Gasteiger partial charge on any atom is 0.234 e. The first kappa shape index (κ1) is 9.94. The average molecular weight is 203 g/mol. The van der Waals surface area contributed by atoms with E-state index in [1.807, 2.05) is 12.1 Å². The molecule has 0 spiro atoms. The van der Waals surface area contributed by atoms with Crippen LogP contribution in [0.2, 0.25) is 0 Å². The summed E-state index contributed by atoms with van der Waals surface area (Å²) >= 11 is 0. The van der Waals surface area contributed by atoms with Gasteiger partial charge >= 0.3 is 0 Å². The molecule has 2 rings (SSSR count). The molecule has 0 aliphatic carbocycles. The first-order valence-corrected chi connectivity index (χ1v) is 5.08. The van der Waals surface area contributed by atoms with E-state index in [4.69, 9.17) is 4.74 Å². The summed E-state index contributed by atoms with van der Waals surface area (Å²) in [6.45, 7) is 3.27. The molecule has 0 bridgehead atoms. The molecule has 3 heteroatoms. The van der Waals surface area contributed by atoms with E-state index < -0.39 is 0 Å². The zero-order chi connectivity index (χ0) is 10.7. The number of aliphatic imine (C=N–C) groups is 1. The maximum absolute atomic E-state index is 10.1. The summed E-state index contributed by atoms with van der Waals surface area (Å²) in [5.74, 6) is 1.23. The zero-order valence-corrected chi connectivity index (χ0v) is 8.69. The Labute approximate surface area is 88.8 Å². The SMILES string of the molecule is Cc1ccc2c(c1)C(CN=C=O)CCO2. The summed E-state index contributed by atoms with van der Waals surface area (Å²) in [6.07, 6.45) is 2.51. The molecule has 1 aromatic carbocycles. The quantitative estimate of drug-likeness (QED) is 0.546. The Morgan fingerprint density at radius 3 is 3.27 bits per heavy atom. The highest BCUT2D eigenvalue weighted by Gasteiger charge is 2.20. The smallest absolute Gasteiger partial charge is 0.234 e. The van der Waals surface area contributed by atoms with Gasteiger partial charge in [-0.1, -0.05) is 17.7 Å². The van der Waals surface area contributed by atoms with E-state index >= 15 is 0 Å². The maximum atomic E-state index is 10.1. The predicted octanol–water partition coefficient (Wildman–Crippen LogP) is 2.20. The van der Waals surface area contributed by atoms with E-state index in [0.717, 1.165) is 12.2 Å². The molecule has 0 fully saturated rings. The summed E-state index contributed by atoms with van der Waals surface area (Å²) in [7, 11) is 0. The fourth-order valence-electron chi connectivity index (χ4n) is 1.92. The molecule has 3 nitrogen and oxygen atoms in total. The Bertz CT molecular complexity index is 408. The molecular weight excluding hydrogens is 190 g/mol. The van der Waals surface area contributed by atoms with Crippen LogP contribution in [0, 0.1) is 6.92 Å². The van der Waals surface area contributed by atoms with Crippen molar-refractivity contribution in [3.8, 4) is 5.75 Å². The second-order valence-corrected chi connectivity index (χ2v) is 3.81. The number of fused-ring (bicyclic) bond motifs is 1. The third-order valence-corrected chi connectivity index (χ3v) is 2.71. The number of nitrogens with zero attached hydrogens (tertiary/aromatic N) is 1. The lowest BCUT2D eigenvalue weighted by Gasteiger charge is -2.24. The van der Waals surface area contributed by atoms with Crippen molar-refractivity contribution in [1.82, 2.24) is 0 Å². The van der Waals surface area contributed by atoms with Gasteiger partial charge in [0, 0.05) is 5.92 Å². The third kappa shape index (κ3) is 2.08. The van der Waals surface area contributed by atoms with Crippen molar-refractivity contribution >= 4 is 6.08 Å². The fourth-order valence-corrected chi connectivity index (χ4v) is 1.92. The van der Waals surface area contributed by atoms with Gasteiger partial charge in [-0.3, -0.25) is 0 Å². The Morgan fingerprint density at radius 2 is 2.47 bits per heavy atom. The molecule has 0 saturated heterocycles. The Hall–Kier alpha value is -1.60. The minimum Gasteiger partial charge on any atom is -0.493 e. The van der Waals surface area contributed by atoms with Crippen molar-refractivity contribution in [3.63, 3.8) is 0 Å². The number of benzene rings is 1. The highest BCUT2D eigenvalue weighted by atomic mass is 16.5. The average Bonchev–Trinajstić information content (AvgIpc) is 2.26. The minimum atomic E-state index is 0.301. The topological polar surface area (TPSA) is 38.7 Å². The largest absolute Gasteiger partial charge is 0.493 e. The van der Waals surface area contributed by atoms with Crippen LogP contribution in [0.25, 0.3) is 0 Å². The van der Waals surface area contributed by atoms with Crippen LogP contribution in [0.5, 0.6) is 5.75 Å². The second-order valence-electron chi connectivity index (χ2n) is 3.81. The molecule has 1 heterocycles. The van der Waals surface area contributed by atoms with Crippen molar-refractivity contribution in [1.29, 1.82) is 0 Å². The van der Waals surface area contributed by atoms with Crippen LogP contribution in [-0.4, -0.2) is 19.2 Å². The summed E-state index contributed by atoms with van der Waals surface area (Å²) in [4.78, 5) is 13.8. The molecule has 0 N–H and O–H groups in total. The van der Waals surface area contributed by atoms with E-state index in [-0.39, 0.29) is 0 Å². The highest BCUT2D eigenvalue weighted by molar-refractivity contribution is 5.41. The number of aryl methyl sites for hydroxylation is 1. The number of hydrogen-bond donors (Lipinski definition) is 0. The van der Waals surface area contributed by atoms with Gasteiger partial charge in [0.1, 0.15) is 5.75 Å². The van der Waals surface area contributed by atoms with Crippen LogP contribution in [0.15, 0.2) is 23.2 Å². The van der Waals surface area contributed by atoms with Gasteiger partial charge in [0.15, 0.2) is 0 Å². The third-order valence-electron chi connectivity index (χ3n) is 2.71. The van der Waals surface area contributed by atoms with Gasteiger partial charge in [-0.2, -0.15) is 0 Å². The fraction of sp³-hybridized carbons (Fsp3) is 0.417. The molecule has 1 aliphatic rings. The lowest BCUT2D eigenvalue weighted by atomic mass is 9.92. The van der Waals surface area contributed by atoms with E-state index in [2.05, 4.69) is 18.0 Å². The molecule has 1 aromatic rings.